The van der Waals surface area contributed by atoms with Gasteiger partial charge in [0.2, 0.25) is 0 Å². The lowest BCUT2D eigenvalue weighted by molar-refractivity contribution is 0.395. The smallest absolute Gasteiger partial charge is 0.00247 e. The molecular formula is C17H27N. The number of aryl methyl sites for hydroxylation is 2. The number of nitrogens with zero attached hydrogens (tertiary/aromatic N) is 1. The molecule has 1 heteroatoms. The maximum Gasteiger partial charge on any atom is -0.00247 e. The summed E-state index contributed by atoms with van der Waals surface area (Å²) in [5, 5.41) is 0. The molecule has 1 aromatic rings. The van der Waals surface area contributed by atoms with E-state index < -0.39 is 0 Å². The van der Waals surface area contributed by atoms with Gasteiger partial charge in [-0.25, -0.2) is 0 Å². The molecule has 0 bridgehead atoms. The van der Waals surface area contributed by atoms with E-state index in [4.69, 9.17) is 0 Å². The predicted octanol–water partition coefficient (Wildman–Crippen LogP) is 4.36. The summed E-state index contributed by atoms with van der Waals surface area (Å²) in [6.07, 6.45) is 3.58. The van der Waals surface area contributed by atoms with Gasteiger partial charge in [-0.1, -0.05) is 24.3 Å². The van der Waals surface area contributed by atoms with Crippen molar-refractivity contribution < 1.29 is 0 Å². The van der Waals surface area contributed by atoms with Crippen molar-refractivity contribution in [2.24, 2.45) is 0 Å². The summed E-state index contributed by atoms with van der Waals surface area (Å²) in [5.41, 5.74) is 6.75. The summed E-state index contributed by atoms with van der Waals surface area (Å²) >= 11 is 0. The first kappa shape index (κ1) is 15.0. The van der Waals surface area contributed by atoms with Gasteiger partial charge in [0.15, 0.2) is 0 Å². The summed E-state index contributed by atoms with van der Waals surface area (Å²) in [6, 6.07) is 4.52. The first-order valence-electron chi connectivity index (χ1n) is 6.82. The topological polar surface area (TPSA) is 3.24 Å². The van der Waals surface area contributed by atoms with Crippen LogP contribution in [0.1, 0.15) is 41.5 Å². The van der Waals surface area contributed by atoms with E-state index in [0.717, 1.165) is 6.42 Å². The molecule has 100 valence electrons. The monoisotopic (exact) mass is 245 g/mol. The quantitative estimate of drug-likeness (QED) is 0.673. The molecule has 0 fully saturated rings. The average molecular weight is 245 g/mol. The van der Waals surface area contributed by atoms with Crippen LogP contribution in [0.3, 0.4) is 0 Å². The van der Waals surface area contributed by atoms with Crippen LogP contribution in [0.2, 0.25) is 0 Å². The Morgan fingerprint density at radius 2 is 1.78 bits per heavy atom. The SMILES string of the molecule is C=C(CCCCN(C)C)c1cc(C)cc(C)c1C. The number of allylic oxidation sites excluding steroid dienone is 1. The zero-order chi connectivity index (χ0) is 13.7. The number of hydrogen-bond acceptors (Lipinski definition) is 1. The standard InChI is InChI=1S/C17H27N/c1-13-11-15(3)16(4)17(12-13)14(2)9-7-8-10-18(5)6/h11-12H,2,7-10H2,1,3-6H3. The van der Waals surface area contributed by atoms with Crippen LogP contribution in [0.4, 0.5) is 0 Å². The highest BCUT2D eigenvalue weighted by Crippen LogP contribution is 2.25. The molecule has 0 aliphatic heterocycles. The summed E-state index contributed by atoms with van der Waals surface area (Å²) in [7, 11) is 4.26. The molecule has 0 amide bonds. The minimum atomic E-state index is 1.11. The second kappa shape index (κ2) is 6.75. The predicted molar refractivity (Wildman–Crippen MR) is 82.1 cm³/mol. The highest BCUT2D eigenvalue weighted by molar-refractivity contribution is 5.67. The van der Waals surface area contributed by atoms with Crippen LogP contribution in [0.25, 0.3) is 5.57 Å². The number of unbranched alkanes of at least 4 members (excludes halogenated alkanes) is 1. The first-order chi connectivity index (χ1) is 8.41. The van der Waals surface area contributed by atoms with Crippen molar-refractivity contribution in [3.63, 3.8) is 0 Å². The lowest BCUT2D eigenvalue weighted by atomic mass is 9.93. The van der Waals surface area contributed by atoms with Crippen LogP contribution in [0, 0.1) is 20.8 Å². The van der Waals surface area contributed by atoms with Crippen LogP contribution >= 0.6 is 0 Å². The summed E-state index contributed by atoms with van der Waals surface area (Å²) in [5.74, 6) is 0. The molecule has 0 aliphatic carbocycles. The van der Waals surface area contributed by atoms with E-state index in [1.54, 1.807) is 0 Å². The lowest BCUT2D eigenvalue weighted by Crippen LogP contribution is -2.12. The van der Waals surface area contributed by atoms with Crippen LogP contribution in [-0.4, -0.2) is 25.5 Å². The van der Waals surface area contributed by atoms with Gasteiger partial charge in [-0.05, 0) is 82.9 Å². The fourth-order valence-corrected chi connectivity index (χ4v) is 2.31. The fraction of sp³-hybridized carbons (Fsp3) is 0.529. The number of rotatable bonds is 6. The van der Waals surface area contributed by atoms with Gasteiger partial charge in [-0.2, -0.15) is 0 Å². The van der Waals surface area contributed by atoms with Crippen molar-refractivity contribution in [2.75, 3.05) is 20.6 Å². The summed E-state index contributed by atoms with van der Waals surface area (Å²) in [4.78, 5) is 2.24. The molecule has 0 unspecified atom stereocenters. The number of benzene rings is 1. The zero-order valence-corrected chi connectivity index (χ0v) is 12.6. The van der Waals surface area contributed by atoms with E-state index >= 15 is 0 Å². The molecule has 1 nitrogen and oxygen atoms in total. The van der Waals surface area contributed by atoms with Crippen molar-refractivity contribution in [3.05, 3.63) is 41.0 Å². The molecular weight excluding hydrogens is 218 g/mol. The van der Waals surface area contributed by atoms with Crippen molar-refractivity contribution >= 4 is 5.57 Å². The van der Waals surface area contributed by atoms with Gasteiger partial charge in [0.1, 0.15) is 0 Å². The van der Waals surface area contributed by atoms with Crippen molar-refractivity contribution in [1.82, 2.24) is 4.90 Å². The van der Waals surface area contributed by atoms with E-state index in [-0.39, 0.29) is 0 Å². The Morgan fingerprint density at radius 1 is 1.11 bits per heavy atom. The molecule has 0 saturated carbocycles. The zero-order valence-electron chi connectivity index (χ0n) is 12.6. The van der Waals surface area contributed by atoms with Gasteiger partial charge in [-0.15, -0.1) is 0 Å². The second-order valence-electron chi connectivity index (χ2n) is 5.62. The normalized spacial score (nSPS) is 11.0. The Morgan fingerprint density at radius 3 is 2.39 bits per heavy atom. The van der Waals surface area contributed by atoms with Crippen LogP contribution < -0.4 is 0 Å². The second-order valence-corrected chi connectivity index (χ2v) is 5.62. The largest absolute Gasteiger partial charge is 0.309 e. The molecule has 0 radical (unpaired) electrons. The lowest BCUT2D eigenvalue weighted by Gasteiger charge is -2.14. The minimum absolute atomic E-state index is 1.11. The van der Waals surface area contributed by atoms with Crippen molar-refractivity contribution in [3.8, 4) is 0 Å². The first-order valence-corrected chi connectivity index (χ1v) is 6.82. The molecule has 0 aromatic heterocycles. The Kier molecular flexibility index (Phi) is 5.61. The van der Waals surface area contributed by atoms with Crippen LogP contribution in [-0.2, 0) is 0 Å². The molecule has 18 heavy (non-hydrogen) atoms. The Hall–Kier alpha value is -1.08. The van der Waals surface area contributed by atoms with Crippen molar-refractivity contribution in [1.29, 1.82) is 0 Å². The molecule has 1 rings (SSSR count). The highest BCUT2D eigenvalue weighted by atomic mass is 15.0. The molecule has 0 heterocycles. The Balaban J connectivity index is 2.62. The maximum atomic E-state index is 4.27. The third-order valence-corrected chi connectivity index (χ3v) is 3.53. The van der Waals surface area contributed by atoms with Gasteiger partial charge in [0.25, 0.3) is 0 Å². The van der Waals surface area contributed by atoms with E-state index in [0.29, 0.717) is 0 Å². The third kappa shape index (κ3) is 4.30. The highest BCUT2D eigenvalue weighted by Gasteiger charge is 2.06. The van der Waals surface area contributed by atoms with Gasteiger partial charge in [-0.3, -0.25) is 0 Å². The fourth-order valence-electron chi connectivity index (χ4n) is 2.31. The number of hydrogen-bond donors (Lipinski definition) is 0. The Bertz CT molecular complexity index is 416. The van der Waals surface area contributed by atoms with Crippen LogP contribution in [0.5, 0.6) is 0 Å². The van der Waals surface area contributed by atoms with E-state index in [1.165, 1.54) is 47.2 Å². The van der Waals surface area contributed by atoms with Crippen molar-refractivity contribution in [2.45, 2.75) is 40.0 Å². The summed E-state index contributed by atoms with van der Waals surface area (Å²) < 4.78 is 0. The third-order valence-electron chi connectivity index (χ3n) is 3.53. The van der Waals surface area contributed by atoms with Gasteiger partial charge in [0, 0.05) is 0 Å². The molecule has 0 atom stereocenters. The maximum absolute atomic E-state index is 4.27. The molecule has 0 spiro atoms. The van der Waals surface area contributed by atoms with Gasteiger partial charge >= 0.3 is 0 Å². The van der Waals surface area contributed by atoms with Gasteiger partial charge in [0.05, 0.1) is 0 Å². The minimum Gasteiger partial charge on any atom is -0.309 e. The van der Waals surface area contributed by atoms with E-state index in [2.05, 4.69) is 58.5 Å². The molecule has 0 aliphatic rings. The van der Waals surface area contributed by atoms with E-state index in [1.807, 2.05) is 0 Å². The van der Waals surface area contributed by atoms with Gasteiger partial charge < -0.3 is 4.90 Å². The molecule has 0 N–H and O–H groups in total. The average Bonchev–Trinajstić information content (AvgIpc) is 2.28. The van der Waals surface area contributed by atoms with E-state index in [9.17, 15) is 0 Å². The molecule has 0 saturated heterocycles. The molecule has 1 aromatic carbocycles. The Labute approximate surface area is 113 Å². The summed E-state index contributed by atoms with van der Waals surface area (Å²) in [6.45, 7) is 12.0. The van der Waals surface area contributed by atoms with Crippen LogP contribution in [0.15, 0.2) is 18.7 Å².